The van der Waals surface area contributed by atoms with E-state index >= 15 is 0 Å². The van der Waals surface area contributed by atoms with E-state index in [0.29, 0.717) is 21.3 Å². The largest absolute Gasteiger partial charge is 0.390 e. The fourth-order valence-corrected chi connectivity index (χ4v) is 4.80. The highest BCUT2D eigenvalue weighted by Gasteiger charge is 2.40. The van der Waals surface area contributed by atoms with Crippen LogP contribution < -0.4 is 9.80 Å². The number of carbonyl (C=O) groups is 2. The molecular formula is C27H25Cl2N3O3. The van der Waals surface area contributed by atoms with Crippen molar-refractivity contribution < 1.29 is 14.4 Å². The standard InChI is InChI=1S/C27H25Cl2N3O3/c1-18(33)31(20-10-5-3-6-11-20)16-22-25(17-32(19(2)34)21-12-7-4-8-13-21)35-30-27(22)26-23(28)14-9-15-24(26)29/h3-15,22,25H,16-17H2,1-2H3/t22-,25-/m1/s1. The molecule has 2 amide bonds. The third-order valence-electron chi connectivity index (χ3n) is 5.94. The van der Waals surface area contributed by atoms with Gasteiger partial charge in [-0.15, -0.1) is 0 Å². The topological polar surface area (TPSA) is 62.2 Å². The van der Waals surface area contributed by atoms with Crippen LogP contribution in [0.25, 0.3) is 0 Å². The molecule has 1 heterocycles. The number of benzene rings is 3. The van der Waals surface area contributed by atoms with E-state index in [0.717, 1.165) is 11.4 Å². The van der Waals surface area contributed by atoms with Crippen LogP contribution in [0, 0.1) is 5.92 Å². The molecule has 180 valence electrons. The molecule has 1 aliphatic rings. The summed E-state index contributed by atoms with van der Waals surface area (Å²) in [7, 11) is 0. The normalized spacial score (nSPS) is 16.9. The second-order valence-corrected chi connectivity index (χ2v) is 9.07. The molecule has 1 aliphatic heterocycles. The van der Waals surface area contributed by atoms with E-state index < -0.39 is 12.0 Å². The maximum Gasteiger partial charge on any atom is 0.223 e. The van der Waals surface area contributed by atoms with Gasteiger partial charge >= 0.3 is 0 Å². The molecule has 0 fully saturated rings. The van der Waals surface area contributed by atoms with Crippen molar-refractivity contribution in [2.75, 3.05) is 22.9 Å². The summed E-state index contributed by atoms with van der Waals surface area (Å²) in [6.07, 6.45) is -0.535. The van der Waals surface area contributed by atoms with Gasteiger partial charge in [0.05, 0.1) is 28.2 Å². The molecule has 35 heavy (non-hydrogen) atoms. The number of amides is 2. The maximum atomic E-state index is 12.7. The molecule has 0 unspecified atom stereocenters. The zero-order chi connectivity index (χ0) is 24.9. The molecule has 0 saturated heterocycles. The van der Waals surface area contributed by atoms with E-state index in [-0.39, 0.29) is 24.9 Å². The first-order valence-electron chi connectivity index (χ1n) is 11.2. The molecule has 4 rings (SSSR count). The van der Waals surface area contributed by atoms with Gasteiger partial charge in [0, 0.05) is 37.3 Å². The smallest absolute Gasteiger partial charge is 0.223 e. The molecule has 6 nitrogen and oxygen atoms in total. The summed E-state index contributed by atoms with van der Waals surface area (Å²) in [5.74, 6) is -0.658. The van der Waals surface area contributed by atoms with Crippen LogP contribution in [0.2, 0.25) is 10.0 Å². The van der Waals surface area contributed by atoms with Crippen molar-refractivity contribution in [1.82, 2.24) is 0 Å². The first-order chi connectivity index (χ1) is 16.9. The Hall–Kier alpha value is -3.35. The van der Waals surface area contributed by atoms with Gasteiger partial charge in [-0.05, 0) is 36.4 Å². The zero-order valence-electron chi connectivity index (χ0n) is 19.4. The minimum Gasteiger partial charge on any atom is -0.390 e. The number of rotatable bonds is 7. The fourth-order valence-electron chi connectivity index (χ4n) is 4.20. The number of anilines is 2. The van der Waals surface area contributed by atoms with Crippen LogP contribution in [0.4, 0.5) is 11.4 Å². The quantitative estimate of drug-likeness (QED) is 0.403. The van der Waals surface area contributed by atoms with Crippen LogP contribution in [-0.4, -0.2) is 36.7 Å². The van der Waals surface area contributed by atoms with Gasteiger partial charge in [0.15, 0.2) is 6.10 Å². The molecule has 0 saturated carbocycles. The predicted molar refractivity (Wildman–Crippen MR) is 140 cm³/mol. The van der Waals surface area contributed by atoms with Gasteiger partial charge in [-0.3, -0.25) is 9.59 Å². The molecule has 8 heteroatoms. The maximum absolute atomic E-state index is 12.7. The summed E-state index contributed by atoms with van der Waals surface area (Å²) in [5, 5.41) is 5.25. The molecule has 3 aromatic rings. The number of nitrogens with zero attached hydrogens (tertiary/aromatic N) is 3. The van der Waals surface area contributed by atoms with Crippen molar-refractivity contribution >= 4 is 52.1 Å². The minimum absolute atomic E-state index is 0.127. The number of para-hydroxylation sites is 2. The van der Waals surface area contributed by atoms with Crippen LogP contribution in [0.15, 0.2) is 84.0 Å². The van der Waals surface area contributed by atoms with Crippen LogP contribution in [0.3, 0.4) is 0 Å². The molecule has 2 atom stereocenters. The lowest BCUT2D eigenvalue weighted by Crippen LogP contribution is -2.45. The Bertz CT molecular complexity index is 1210. The van der Waals surface area contributed by atoms with E-state index in [4.69, 9.17) is 28.0 Å². The van der Waals surface area contributed by atoms with Crippen LogP contribution in [0.5, 0.6) is 0 Å². The fraction of sp³-hybridized carbons (Fsp3) is 0.222. The van der Waals surface area contributed by atoms with Crippen LogP contribution >= 0.6 is 23.2 Å². The molecule has 0 aromatic heterocycles. The molecule has 0 radical (unpaired) electrons. The van der Waals surface area contributed by atoms with Crippen molar-refractivity contribution in [3.8, 4) is 0 Å². The summed E-state index contributed by atoms with van der Waals surface area (Å²) < 4.78 is 0. The molecule has 0 bridgehead atoms. The van der Waals surface area contributed by atoms with Crippen molar-refractivity contribution in [2.24, 2.45) is 11.1 Å². The van der Waals surface area contributed by atoms with E-state index in [1.807, 2.05) is 60.7 Å². The highest BCUT2D eigenvalue weighted by Crippen LogP contribution is 2.34. The second-order valence-electron chi connectivity index (χ2n) is 8.25. The van der Waals surface area contributed by atoms with Gasteiger partial charge in [-0.1, -0.05) is 70.8 Å². The Morgan fingerprint density at radius 2 is 1.26 bits per heavy atom. The monoisotopic (exact) mass is 509 g/mol. The molecular weight excluding hydrogens is 485 g/mol. The molecule has 0 spiro atoms. The number of hydrogen-bond acceptors (Lipinski definition) is 4. The van der Waals surface area contributed by atoms with Crippen LogP contribution in [-0.2, 0) is 14.4 Å². The third kappa shape index (κ3) is 5.50. The summed E-state index contributed by atoms with van der Waals surface area (Å²) in [5.41, 5.74) is 2.61. The summed E-state index contributed by atoms with van der Waals surface area (Å²) >= 11 is 13.0. The summed E-state index contributed by atoms with van der Waals surface area (Å²) in [6.45, 7) is 3.53. The van der Waals surface area contributed by atoms with Gasteiger partial charge in [0.25, 0.3) is 0 Å². The number of halogens is 2. The Morgan fingerprint density at radius 1 is 0.771 bits per heavy atom. The predicted octanol–water partition coefficient (Wildman–Crippen LogP) is 5.82. The summed E-state index contributed by atoms with van der Waals surface area (Å²) in [4.78, 5) is 34.5. The zero-order valence-corrected chi connectivity index (χ0v) is 20.9. The average Bonchev–Trinajstić information content (AvgIpc) is 3.23. The van der Waals surface area contributed by atoms with E-state index in [1.54, 1.807) is 28.0 Å². The highest BCUT2D eigenvalue weighted by molar-refractivity contribution is 6.40. The van der Waals surface area contributed by atoms with Gasteiger partial charge < -0.3 is 14.6 Å². The van der Waals surface area contributed by atoms with Gasteiger partial charge in [0.2, 0.25) is 11.8 Å². The van der Waals surface area contributed by atoms with E-state index in [9.17, 15) is 9.59 Å². The lowest BCUT2D eigenvalue weighted by molar-refractivity contribution is -0.118. The molecule has 0 N–H and O–H groups in total. The Labute approximate surface area is 214 Å². The Balaban J connectivity index is 1.72. The number of carbonyl (C=O) groups excluding carboxylic acids is 2. The minimum atomic E-state index is -0.535. The second kappa shape index (κ2) is 10.9. The Morgan fingerprint density at radius 3 is 1.74 bits per heavy atom. The van der Waals surface area contributed by atoms with Crippen molar-refractivity contribution in [3.63, 3.8) is 0 Å². The van der Waals surface area contributed by atoms with E-state index in [2.05, 4.69) is 5.16 Å². The molecule has 0 aliphatic carbocycles. The van der Waals surface area contributed by atoms with Crippen molar-refractivity contribution in [1.29, 1.82) is 0 Å². The number of oxime groups is 1. The summed E-state index contributed by atoms with van der Waals surface area (Å²) in [6, 6.07) is 24.0. The Kier molecular flexibility index (Phi) is 7.73. The van der Waals surface area contributed by atoms with E-state index in [1.165, 1.54) is 13.8 Å². The highest BCUT2D eigenvalue weighted by atomic mass is 35.5. The lowest BCUT2D eigenvalue weighted by atomic mass is 9.90. The van der Waals surface area contributed by atoms with Crippen molar-refractivity contribution in [2.45, 2.75) is 20.0 Å². The van der Waals surface area contributed by atoms with Gasteiger partial charge in [-0.2, -0.15) is 0 Å². The first kappa shape index (κ1) is 24.8. The van der Waals surface area contributed by atoms with Gasteiger partial charge in [-0.25, -0.2) is 0 Å². The lowest BCUT2D eigenvalue weighted by Gasteiger charge is -2.30. The van der Waals surface area contributed by atoms with Gasteiger partial charge in [0.1, 0.15) is 0 Å². The molecule has 3 aromatic carbocycles. The SMILES string of the molecule is CC(=O)N(C[C@H]1ON=C(c2c(Cl)cccc2Cl)[C@@H]1CN(C(C)=O)c1ccccc1)c1ccccc1. The third-order valence-corrected chi connectivity index (χ3v) is 6.57. The number of hydrogen-bond donors (Lipinski definition) is 0. The van der Waals surface area contributed by atoms with Crippen LogP contribution in [0.1, 0.15) is 19.4 Å². The average molecular weight is 510 g/mol. The first-order valence-corrected chi connectivity index (χ1v) is 12.0. The van der Waals surface area contributed by atoms with Crippen molar-refractivity contribution in [3.05, 3.63) is 94.5 Å².